The molecule has 0 radical (unpaired) electrons. The van der Waals surface area contributed by atoms with Crippen LogP contribution in [0.5, 0.6) is 0 Å². The van der Waals surface area contributed by atoms with Gasteiger partial charge in [0, 0.05) is 42.4 Å². The molecule has 0 spiro atoms. The van der Waals surface area contributed by atoms with Crippen LogP contribution < -0.4 is 26.6 Å². The number of carbonyl (C=O) groups is 5. The normalized spacial score (nSPS) is 16.2. The molecular formula is C45H52N6O7. The standard InChI is InChI=1S/C45H52N6O7/c1-27(48-44(55)40(33-12-8-5-9-13-33)50-42(53)37-23-22-36(57-37)30-16-14-29(26-46)15-17-30)24-34-25-38(31-18-20-35(21-19-31)49-28(2)52)58-41(34)45(56)51-39(43(54)47-3)32-10-6-4-7-11-32/h14-23,25,27,32-33,39-40H,4-13,24H2,1-3H3,(H,47,54)(H,48,55)(H,49,52)(H,50,53)(H,51,56). The maximum atomic E-state index is 14.1. The molecule has 2 aliphatic carbocycles. The highest BCUT2D eigenvalue weighted by Crippen LogP contribution is 2.31. The van der Waals surface area contributed by atoms with E-state index in [1.54, 1.807) is 73.8 Å². The molecule has 6 rings (SSSR count). The van der Waals surface area contributed by atoms with Gasteiger partial charge in [-0.1, -0.05) is 38.5 Å². The van der Waals surface area contributed by atoms with Crippen molar-refractivity contribution in [3.63, 3.8) is 0 Å². The number of anilines is 1. The minimum atomic E-state index is -0.827. The van der Waals surface area contributed by atoms with Crippen molar-refractivity contribution < 1.29 is 32.8 Å². The van der Waals surface area contributed by atoms with E-state index in [2.05, 4.69) is 32.7 Å². The van der Waals surface area contributed by atoms with Crippen LogP contribution >= 0.6 is 0 Å². The molecule has 5 amide bonds. The molecule has 3 atom stereocenters. The van der Waals surface area contributed by atoms with Crippen molar-refractivity contribution in [2.45, 2.75) is 103 Å². The van der Waals surface area contributed by atoms with Crippen LogP contribution in [-0.2, 0) is 20.8 Å². The van der Waals surface area contributed by atoms with Crippen LogP contribution in [0.3, 0.4) is 0 Å². The number of carbonyl (C=O) groups excluding carboxylic acids is 5. The second-order valence-corrected chi connectivity index (χ2v) is 15.5. The zero-order valence-corrected chi connectivity index (χ0v) is 33.3. The Labute approximate surface area is 338 Å². The monoisotopic (exact) mass is 788 g/mol. The van der Waals surface area contributed by atoms with Crippen LogP contribution in [-0.4, -0.2) is 54.7 Å². The lowest BCUT2D eigenvalue weighted by molar-refractivity contribution is -0.125. The van der Waals surface area contributed by atoms with E-state index in [4.69, 9.17) is 14.1 Å². The Balaban J connectivity index is 1.21. The van der Waals surface area contributed by atoms with E-state index in [9.17, 15) is 24.0 Å². The Morgan fingerprint density at radius 1 is 0.707 bits per heavy atom. The molecule has 13 heteroatoms. The van der Waals surface area contributed by atoms with Gasteiger partial charge in [0.25, 0.3) is 11.8 Å². The summed E-state index contributed by atoms with van der Waals surface area (Å²) < 4.78 is 12.2. The minimum Gasteiger partial charge on any atom is -0.451 e. The first-order valence-corrected chi connectivity index (χ1v) is 20.3. The number of nitrogens with zero attached hydrogens (tertiary/aromatic N) is 1. The lowest BCUT2D eigenvalue weighted by Crippen LogP contribution is -2.53. The molecule has 2 heterocycles. The fraction of sp³-hybridized carbons (Fsp3) is 0.422. The van der Waals surface area contributed by atoms with Crippen molar-refractivity contribution in [3.05, 3.63) is 89.4 Å². The molecule has 5 N–H and O–H groups in total. The summed E-state index contributed by atoms with van der Waals surface area (Å²) in [6, 6.07) is 18.9. The molecule has 2 fully saturated rings. The smallest absolute Gasteiger partial charge is 0.287 e. The van der Waals surface area contributed by atoms with Gasteiger partial charge in [0.15, 0.2) is 11.5 Å². The van der Waals surface area contributed by atoms with Gasteiger partial charge in [0.2, 0.25) is 17.7 Å². The van der Waals surface area contributed by atoms with Gasteiger partial charge in [-0.3, -0.25) is 24.0 Å². The van der Waals surface area contributed by atoms with Gasteiger partial charge in [-0.05, 0) is 118 Å². The highest BCUT2D eigenvalue weighted by molar-refractivity contribution is 5.98. The number of hydrogen-bond acceptors (Lipinski definition) is 8. The van der Waals surface area contributed by atoms with E-state index >= 15 is 0 Å². The molecule has 3 unspecified atom stereocenters. The van der Waals surface area contributed by atoms with E-state index in [0.29, 0.717) is 39.5 Å². The highest BCUT2D eigenvalue weighted by atomic mass is 16.4. The van der Waals surface area contributed by atoms with E-state index < -0.39 is 29.9 Å². The van der Waals surface area contributed by atoms with Gasteiger partial charge in [-0.25, -0.2) is 0 Å². The van der Waals surface area contributed by atoms with Crippen LogP contribution in [0.2, 0.25) is 0 Å². The number of furan rings is 2. The van der Waals surface area contributed by atoms with Crippen LogP contribution in [0, 0.1) is 23.2 Å². The fourth-order valence-corrected chi connectivity index (χ4v) is 8.18. The van der Waals surface area contributed by atoms with Crippen LogP contribution in [0.25, 0.3) is 22.6 Å². The molecule has 2 aromatic heterocycles. The summed E-state index contributed by atoms with van der Waals surface area (Å²) in [5, 5.41) is 23.6. The molecule has 2 saturated carbocycles. The Hall–Kier alpha value is -6.16. The highest BCUT2D eigenvalue weighted by Gasteiger charge is 2.35. The molecule has 0 bridgehead atoms. The minimum absolute atomic E-state index is 0.00858. The lowest BCUT2D eigenvalue weighted by Gasteiger charge is -2.31. The quantitative estimate of drug-likeness (QED) is 0.0911. The molecule has 2 aliphatic rings. The molecule has 58 heavy (non-hydrogen) atoms. The SMILES string of the molecule is CNC(=O)C(NC(=O)c1oc(-c2ccc(NC(C)=O)cc2)cc1CC(C)NC(=O)C(NC(=O)c1ccc(-c2ccc(C#N)cc2)o1)C1CCCCC1)C1CCCCC1. The fourth-order valence-electron chi connectivity index (χ4n) is 8.18. The van der Waals surface area contributed by atoms with E-state index in [0.717, 1.165) is 64.2 Å². The molecular weight excluding hydrogens is 737 g/mol. The van der Waals surface area contributed by atoms with Crippen molar-refractivity contribution in [2.24, 2.45) is 11.8 Å². The second kappa shape index (κ2) is 19.3. The number of rotatable bonds is 14. The van der Waals surface area contributed by atoms with Crippen molar-refractivity contribution in [1.82, 2.24) is 21.3 Å². The van der Waals surface area contributed by atoms with Crippen molar-refractivity contribution in [3.8, 4) is 28.7 Å². The summed E-state index contributed by atoms with van der Waals surface area (Å²) in [6.07, 6.45) is 9.46. The Kier molecular flexibility index (Phi) is 13.8. The van der Waals surface area contributed by atoms with Gasteiger partial charge in [0.05, 0.1) is 11.6 Å². The Bertz CT molecular complexity index is 2120. The topological polar surface area (TPSA) is 196 Å². The van der Waals surface area contributed by atoms with E-state index in [1.807, 2.05) is 6.92 Å². The summed E-state index contributed by atoms with van der Waals surface area (Å²) in [7, 11) is 1.56. The molecule has 4 aromatic rings. The number of hydrogen-bond donors (Lipinski definition) is 5. The number of nitrogens with one attached hydrogen (secondary N) is 5. The van der Waals surface area contributed by atoms with Gasteiger partial charge in [0.1, 0.15) is 23.6 Å². The number of nitriles is 1. The van der Waals surface area contributed by atoms with Crippen molar-refractivity contribution in [2.75, 3.05) is 12.4 Å². The molecule has 0 saturated heterocycles. The largest absolute Gasteiger partial charge is 0.451 e. The first kappa shape index (κ1) is 41.5. The Morgan fingerprint density at radius 3 is 1.86 bits per heavy atom. The van der Waals surface area contributed by atoms with Crippen LogP contribution in [0.15, 0.2) is 75.6 Å². The Morgan fingerprint density at radius 2 is 1.28 bits per heavy atom. The summed E-state index contributed by atoms with van der Waals surface area (Å²) in [4.78, 5) is 66.4. The average Bonchev–Trinajstić information content (AvgIpc) is 3.91. The summed E-state index contributed by atoms with van der Waals surface area (Å²) >= 11 is 0. The molecule has 2 aromatic carbocycles. The third-order valence-electron chi connectivity index (χ3n) is 11.2. The van der Waals surface area contributed by atoms with Crippen molar-refractivity contribution >= 4 is 35.2 Å². The van der Waals surface area contributed by atoms with E-state index in [1.165, 1.54) is 6.92 Å². The first-order valence-electron chi connectivity index (χ1n) is 20.3. The third kappa shape index (κ3) is 10.4. The van der Waals surface area contributed by atoms with Crippen LogP contribution in [0.4, 0.5) is 5.69 Å². The van der Waals surface area contributed by atoms with Gasteiger partial charge >= 0.3 is 0 Å². The van der Waals surface area contributed by atoms with E-state index in [-0.39, 0.29) is 47.5 Å². The predicted molar refractivity (Wildman–Crippen MR) is 218 cm³/mol. The second-order valence-electron chi connectivity index (χ2n) is 15.5. The zero-order valence-electron chi connectivity index (χ0n) is 33.3. The first-order chi connectivity index (χ1) is 28.0. The number of amides is 5. The van der Waals surface area contributed by atoms with Gasteiger partial charge < -0.3 is 35.4 Å². The summed E-state index contributed by atoms with van der Waals surface area (Å²) in [6.45, 7) is 3.26. The maximum Gasteiger partial charge on any atom is 0.287 e. The number of likely N-dealkylation sites (N-methyl/N-ethyl adjacent to an activating group) is 1. The molecule has 13 nitrogen and oxygen atoms in total. The maximum absolute atomic E-state index is 14.1. The predicted octanol–water partition coefficient (Wildman–Crippen LogP) is 6.89. The van der Waals surface area contributed by atoms with Gasteiger partial charge in [-0.2, -0.15) is 5.26 Å². The third-order valence-corrected chi connectivity index (χ3v) is 11.2. The van der Waals surface area contributed by atoms with Crippen molar-refractivity contribution in [1.29, 1.82) is 5.26 Å². The lowest BCUT2D eigenvalue weighted by atomic mass is 9.83. The van der Waals surface area contributed by atoms with Gasteiger partial charge in [-0.15, -0.1) is 0 Å². The molecule has 0 aliphatic heterocycles. The zero-order chi connectivity index (χ0) is 41.2. The summed E-state index contributed by atoms with van der Waals surface area (Å²) in [5.74, 6) is -0.955. The summed E-state index contributed by atoms with van der Waals surface area (Å²) in [5.41, 5.74) is 3.03. The number of benzene rings is 2. The molecule has 304 valence electrons. The average molecular weight is 789 g/mol. The van der Waals surface area contributed by atoms with Crippen LogP contribution in [0.1, 0.15) is 110 Å².